The minimum absolute atomic E-state index is 0.248. The zero-order valence-corrected chi connectivity index (χ0v) is 15.8. The molecule has 0 amide bonds. The number of aliphatic hydroxyl groups excluding tert-OH is 1. The molecule has 2 fully saturated rings. The predicted molar refractivity (Wildman–Crippen MR) is 106 cm³/mol. The summed E-state index contributed by atoms with van der Waals surface area (Å²) in [6, 6.07) is 15.3. The molecule has 1 N–H and O–H groups in total. The van der Waals surface area contributed by atoms with E-state index in [1.54, 1.807) is 6.20 Å². The predicted octanol–water partition coefficient (Wildman–Crippen LogP) is 2.69. The number of hydrogen-bond acceptors (Lipinski definition) is 5. The molecule has 2 aromatic rings. The van der Waals surface area contributed by atoms with Gasteiger partial charge >= 0.3 is 0 Å². The van der Waals surface area contributed by atoms with Gasteiger partial charge < -0.3 is 9.84 Å². The van der Waals surface area contributed by atoms with Crippen LogP contribution in [0.5, 0.6) is 5.75 Å². The fourth-order valence-corrected chi connectivity index (χ4v) is 4.39. The fourth-order valence-electron chi connectivity index (χ4n) is 4.39. The van der Waals surface area contributed by atoms with Gasteiger partial charge in [0.05, 0.1) is 5.69 Å². The third kappa shape index (κ3) is 4.49. The molecule has 1 aromatic heterocycles. The molecule has 0 bridgehead atoms. The highest BCUT2D eigenvalue weighted by molar-refractivity contribution is 5.33. The number of aliphatic hydroxyl groups is 1. The minimum Gasteiger partial charge on any atom is -0.487 e. The van der Waals surface area contributed by atoms with Gasteiger partial charge in [0.2, 0.25) is 0 Å². The summed E-state index contributed by atoms with van der Waals surface area (Å²) in [6.45, 7) is 4.96. The summed E-state index contributed by atoms with van der Waals surface area (Å²) in [4.78, 5) is 9.50. The highest BCUT2D eigenvalue weighted by atomic mass is 16.5. The topological polar surface area (TPSA) is 48.8 Å². The molecular formula is C22H29N3O2. The van der Waals surface area contributed by atoms with E-state index < -0.39 is 0 Å². The second-order valence-corrected chi connectivity index (χ2v) is 7.60. The number of hydrogen-bond donors (Lipinski definition) is 1. The maximum atomic E-state index is 9.53. The Morgan fingerprint density at radius 3 is 2.85 bits per heavy atom. The molecule has 5 heteroatoms. The van der Waals surface area contributed by atoms with Crippen LogP contribution >= 0.6 is 0 Å². The van der Waals surface area contributed by atoms with Crippen molar-refractivity contribution in [3.63, 3.8) is 0 Å². The van der Waals surface area contributed by atoms with E-state index in [0.29, 0.717) is 18.7 Å². The zero-order chi connectivity index (χ0) is 18.5. The van der Waals surface area contributed by atoms with Crippen LogP contribution in [-0.4, -0.2) is 58.2 Å². The first kappa shape index (κ1) is 18.4. The molecule has 0 saturated carbocycles. The monoisotopic (exact) mass is 367 g/mol. The second-order valence-electron chi connectivity index (χ2n) is 7.60. The Balaban J connectivity index is 1.46. The van der Waals surface area contributed by atoms with Gasteiger partial charge in [-0.3, -0.25) is 14.8 Å². The van der Waals surface area contributed by atoms with Crippen molar-refractivity contribution in [3.05, 3.63) is 59.9 Å². The van der Waals surface area contributed by atoms with Crippen molar-refractivity contribution in [1.82, 2.24) is 14.8 Å². The number of aromatic nitrogens is 1. The highest BCUT2D eigenvalue weighted by Gasteiger charge is 2.36. The number of fused-ring (bicyclic) bond motifs is 1. The van der Waals surface area contributed by atoms with Gasteiger partial charge in [0.1, 0.15) is 12.4 Å². The van der Waals surface area contributed by atoms with E-state index in [-0.39, 0.29) is 6.61 Å². The molecule has 2 atom stereocenters. The van der Waals surface area contributed by atoms with Crippen molar-refractivity contribution in [2.45, 2.75) is 44.5 Å². The summed E-state index contributed by atoms with van der Waals surface area (Å²) in [5.74, 6) is 0.930. The Labute approximate surface area is 161 Å². The molecule has 0 aliphatic carbocycles. The molecule has 4 rings (SSSR count). The lowest BCUT2D eigenvalue weighted by Gasteiger charge is -2.43. The van der Waals surface area contributed by atoms with Crippen molar-refractivity contribution in [3.8, 4) is 5.75 Å². The Morgan fingerprint density at radius 2 is 2.00 bits per heavy atom. The number of benzene rings is 1. The van der Waals surface area contributed by atoms with E-state index in [2.05, 4.69) is 26.9 Å². The summed E-state index contributed by atoms with van der Waals surface area (Å²) in [6.07, 6.45) is 5.22. The first-order valence-corrected chi connectivity index (χ1v) is 10.0. The van der Waals surface area contributed by atoms with Crippen LogP contribution in [0.1, 0.15) is 30.5 Å². The molecule has 5 nitrogen and oxygen atoms in total. The number of rotatable bonds is 7. The molecule has 144 valence electrons. The fraction of sp³-hybridized carbons (Fsp3) is 0.500. The zero-order valence-electron chi connectivity index (χ0n) is 15.8. The summed E-state index contributed by atoms with van der Waals surface area (Å²) in [7, 11) is 0. The van der Waals surface area contributed by atoms with Crippen LogP contribution in [0.3, 0.4) is 0 Å². The van der Waals surface area contributed by atoms with Gasteiger partial charge in [-0.15, -0.1) is 0 Å². The number of ether oxygens (including phenoxy) is 1. The van der Waals surface area contributed by atoms with Crippen LogP contribution in [0, 0.1) is 0 Å². The normalized spacial score (nSPS) is 23.3. The maximum absolute atomic E-state index is 9.53. The molecule has 1 unspecified atom stereocenters. The lowest BCUT2D eigenvalue weighted by atomic mass is 10.0. The molecule has 0 radical (unpaired) electrons. The third-order valence-electron chi connectivity index (χ3n) is 5.82. The van der Waals surface area contributed by atoms with Crippen LogP contribution in [0.25, 0.3) is 0 Å². The molecule has 3 heterocycles. The summed E-state index contributed by atoms with van der Waals surface area (Å²) >= 11 is 0. The van der Waals surface area contributed by atoms with Crippen molar-refractivity contribution >= 4 is 0 Å². The van der Waals surface area contributed by atoms with E-state index in [1.165, 1.54) is 24.9 Å². The second kappa shape index (κ2) is 8.83. The smallest absolute Gasteiger partial charge is 0.130 e. The first-order chi connectivity index (χ1) is 13.3. The molecule has 27 heavy (non-hydrogen) atoms. The van der Waals surface area contributed by atoms with Gasteiger partial charge in [-0.05, 0) is 44.0 Å². The van der Waals surface area contributed by atoms with Crippen LogP contribution in [0.2, 0.25) is 0 Å². The largest absolute Gasteiger partial charge is 0.487 e. The Hall–Kier alpha value is -1.95. The average molecular weight is 367 g/mol. The Kier molecular flexibility index (Phi) is 6.02. The standard InChI is InChI=1S/C22H29N3O2/c26-13-10-21-15-24-12-5-8-20(24)16-25(21)14-18-6-1-2-9-22(18)27-17-19-7-3-4-11-23-19/h1-4,6-7,9,11,20-21,26H,5,8,10,12-17H2/t20?,21-/m0/s1. The van der Waals surface area contributed by atoms with Gasteiger partial charge in [-0.2, -0.15) is 0 Å². The van der Waals surface area contributed by atoms with Gasteiger partial charge in [0, 0.05) is 50.1 Å². The summed E-state index contributed by atoms with van der Waals surface area (Å²) < 4.78 is 6.10. The van der Waals surface area contributed by atoms with Crippen molar-refractivity contribution in [2.75, 3.05) is 26.2 Å². The van der Waals surface area contributed by atoms with Crippen LogP contribution in [0.4, 0.5) is 0 Å². The molecule has 0 spiro atoms. The molecule has 2 saturated heterocycles. The summed E-state index contributed by atoms with van der Waals surface area (Å²) in [5, 5.41) is 9.53. The quantitative estimate of drug-likeness (QED) is 0.815. The average Bonchev–Trinajstić information content (AvgIpc) is 3.16. The number of para-hydroxylation sites is 1. The first-order valence-electron chi connectivity index (χ1n) is 10.0. The molecule has 1 aromatic carbocycles. The summed E-state index contributed by atoms with van der Waals surface area (Å²) in [5.41, 5.74) is 2.15. The maximum Gasteiger partial charge on any atom is 0.130 e. The SMILES string of the molecule is OCC[C@H]1CN2CCCC2CN1Cc1ccccc1OCc1ccccn1. The van der Waals surface area contributed by atoms with Gasteiger partial charge in [0.25, 0.3) is 0 Å². The van der Waals surface area contributed by atoms with E-state index >= 15 is 0 Å². The van der Waals surface area contributed by atoms with E-state index in [4.69, 9.17) is 4.74 Å². The number of pyridine rings is 1. The van der Waals surface area contributed by atoms with Crippen molar-refractivity contribution < 1.29 is 9.84 Å². The molecular weight excluding hydrogens is 338 g/mol. The molecule has 2 aliphatic rings. The minimum atomic E-state index is 0.248. The van der Waals surface area contributed by atoms with Gasteiger partial charge in [-0.1, -0.05) is 24.3 Å². The number of piperazine rings is 1. The van der Waals surface area contributed by atoms with Crippen molar-refractivity contribution in [2.24, 2.45) is 0 Å². The highest BCUT2D eigenvalue weighted by Crippen LogP contribution is 2.29. The van der Waals surface area contributed by atoms with E-state index in [0.717, 1.165) is 37.5 Å². The lowest BCUT2D eigenvalue weighted by molar-refractivity contribution is 0.0327. The third-order valence-corrected chi connectivity index (χ3v) is 5.82. The Bertz CT molecular complexity index is 725. The molecule has 2 aliphatic heterocycles. The van der Waals surface area contributed by atoms with E-state index in [9.17, 15) is 5.11 Å². The van der Waals surface area contributed by atoms with Crippen molar-refractivity contribution in [1.29, 1.82) is 0 Å². The van der Waals surface area contributed by atoms with Crippen LogP contribution < -0.4 is 4.74 Å². The van der Waals surface area contributed by atoms with Crippen LogP contribution in [-0.2, 0) is 13.2 Å². The van der Waals surface area contributed by atoms with E-state index in [1.807, 2.05) is 30.3 Å². The van der Waals surface area contributed by atoms with Gasteiger partial charge in [-0.25, -0.2) is 0 Å². The van der Waals surface area contributed by atoms with Gasteiger partial charge in [0.15, 0.2) is 0 Å². The lowest BCUT2D eigenvalue weighted by Crippen LogP contribution is -2.55. The number of nitrogens with zero attached hydrogens (tertiary/aromatic N) is 3. The van der Waals surface area contributed by atoms with Crippen LogP contribution in [0.15, 0.2) is 48.7 Å². The Morgan fingerprint density at radius 1 is 1.11 bits per heavy atom.